The summed E-state index contributed by atoms with van der Waals surface area (Å²) in [6.45, 7) is 3.28. The van der Waals surface area contributed by atoms with Crippen molar-refractivity contribution >= 4 is 5.91 Å². The van der Waals surface area contributed by atoms with Crippen LogP contribution in [0.15, 0.2) is 36.9 Å². The Morgan fingerprint density at radius 2 is 1.97 bits per heavy atom. The molecule has 2 fully saturated rings. The van der Waals surface area contributed by atoms with E-state index in [1.807, 2.05) is 28.8 Å². The number of carbonyl (C=O) groups is 1. The zero-order chi connectivity index (χ0) is 20.3. The van der Waals surface area contributed by atoms with Gasteiger partial charge in [-0.25, -0.2) is 0 Å². The van der Waals surface area contributed by atoms with Gasteiger partial charge in [-0.15, -0.1) is 10.2 Å². The van der Waals surface area contributed by atoms with Crippen molar-refractivity contribution in [2.24, 2.45) is 0 Å². The molecule has 4 rings (SSSR count). The Morgan fingerprint density at radius 3 is 2.69 bits per heavy atom. The minimum absolute atomic E-state index is 0.160. The number of piperidine rings is 2. The molecule has 2 aromatic rings. The number of nitrogens with zero attached hydrogens (tertiary/aromatic N) is 5. The van der Waals surface area contributed by atoms with E-state index < -0.39 is 5.60 Å². The largest absolute Gasteiger partial charge is 0.497 e. The molecular formula is C21H29N5O3. The molecule has 0 unspecified atom stereocenters. The van der Waals surface area contributed by atoms with E-state index >= 15 is 0 Å². The second-order valence-electron chi connectivity index (χ2n) is 8.13. The fourth-order valence-electron chi connectivity index (χ4n) is 4.50. The van der Waals surface area contributed by atoms with Gasteiger partial charge in [0.25, 0.3) is 5.91 Å². The molecule has 1 atom stereocenters. The molecule has 1 N–H and O–H groups in total. The Morgan fingerprint density at radius 1 is 1.21 bits per heavy atom. The third kappa shape index (κ3) is 4.43. The number of likely N-dealkylation sites (tertiary alicyclic amines) is 2. The van der Waals surface area contributed by atoms with E-state index in [-0.39, 0.29) is 5.91 Å². The number of amides is 1. The summed E-state index contributed by atoms with van der Waals surface area (Å²) in [6, 6.07) is 8.13. The van der Waals surface area contributed by atoms with Gasteiger partial charge in [0.2, 0.25) is 0 Å². The third-order valence-corrected chi connectivity index (χ3v) is 6.11. The first-order chi connectivity index (χ1) is 14.1. The SMILES string of the molecule is COc1cccc(CN2CCC[C@](O)(CN3CCC(n4cnnc4)CC3)C2=O)c1. The summed E-state index contributed by atoms with van der Waals surface area (Å²) in [5.41, 5.74) is -0.294. The predicted octanol–water partition coefficient (Wildman–Crippen LogP) is 1.48. The lowest BCUT2D eigenvalue weighted by molar-refractivity contribution is -0.160. The maximum atomic E-state index is 13.1. The Balaban J connectivity index is 1.36. The molecule has 0 radical (unpaired) electrons. The molecule has 3 heterocycles. The van der Waals surface area contributed by atoms with Gasteiger partial charge in [-0.05, 0) is 43.4 Å². The van der Waals surface area contributed by atoms with Crippen LogP contribution in [0.2, 0.25) is 0 Å². The van der Waals surface area contributed by atoms with Gasteiger partial charge in [-0.2, -0.15) is 0 Å². The standard InChI is InChI=1S/C21H29N5O3/c1-29-19-5-2-4-17(12-19)13-25-9-3-8-21(28,20(25)27)14-24-10-6-18(7-11-24)26-15-22-23-16-26/h2,4-5,12,15-16,18,28H,3,6-11,13-14H2,1H3/t21-/m0/s1. The Labute approximate surface area is 171 Å². The number of aliphatic hydroxyl groups is 1. The third-order valence-electron chi connectivity index (χ3n) is 6.11. The molecule has 2 saturated heterocycles. The molecule has 0 saturated carbocycles. The average Bonchev–Trinajstić information content (AvgIpc) is 3.27. The highest BCUT2D eigenvalue weighted by Crippen LogP contribution is 2.29. The first-order valence-corrected chi connectivity index (χ1v) is 10.3. The molecule has 0 aliphatic carbocycles. The van der Waals surface area contributed by atoms with Gasteiger partial charge in [0.05, 0.1) is 7.11 Å². The monoisotopic (exact) mass is 399 g/mol. The summed E-state index contributed by atoms with van der Waals surface area (Å²) in [6.07, 6.45) is 6.78. The van der Waals surface area contributed by atoms with Crippen molar-refractivity contribution in [1.29, 1.82) is 0 Å². The van der Waals surface area contributed by atoms with E-state index in [1.54, 1.807) is 24.7 Å². The number of ether oxygens (including phenoxy) is 1. The number of hydrogen-bond acceptors (Lipinski definition) is 6. The van der Waals surface area contributed by atoms with Gasteiger partial charge in [-0.1, -0.05) is 12.1 Å². The highest BCUT2D eigenvalue weighted by atomic mass is 16.5. The molecule has 0 bridgehead atoms. The van der Waals surface area contributed by atoms with E-state index in [1.165, 1.54) is 0 Å². The second-order valence-corrected chi connectivity index (χ2v) is 8.13. The summed E-state index contributed by atoms with van der Waals surface area (Å²) in [5.74, 6) is 0.616. The maximum Gasteiger partial charge on any atom is 0.256 e. The van der Waals surface area contributed by atoms with Crippen molar-refractivity contribution in [3.8, 4) is 5.75 Å². The molecule has 8 heteroatoms. The summed E-state index contributed by atoms with van der Waals surface area (Å²) < 4.78 is 7.33. The van der Waals surface area contributed by atoms with Crippen LogP contribution in [0.25, 0.3) is 0 Å². The summed E-state index contributed by atoms with van der Waals surface area (Å²) in [5, 5.41) is 19.0. The maximum absolute atomic E-state index is 13.1. The number of carbonyl (C=O) groups excluding carboxylic acids is 1. The molecule has 1 amide bonds. The van der Waals surface area contributed by atoms with Crippen molar-refractivity contribution in [2.45, 2.75) is 43.9 Å². The number of aromatic nitrogens is 3. The van der Waals surface area contributed by atoms with Gasteiger partial charge < -0.3 is 19.3 Å². The Hall–Kier alpha value is -2.45. The van der Waals surface area contributed by atoms with Crippen LogP contribution >= 0.6 is 0 Å². The van der Waals surface area contributed by atoms with Gasteiger partial charge in [0, 0.05) is 38.8 Å². The normalized spacial score (nSPS) is 24.1. The van der Waals surface area contributed by atoms with Crippen molar-refractivity contribution in [3.63, 3.8) is 0 Å². The lowest BCUT2D eigenvalue weighted by atomic mass is 9.90. The molecule has 8 nitrogen and oxygen atoms in total. The van der Waals surface area contributed by atoms with Gasteiger partial charge in [-0.3, -0.25) is 9.69 Å². The number of hydrogen-bond donors (Lipinski definition) is 1. The van der Waals surface area contributed by atoms with E-state index in [2.05, 4.69) is 15.1 Å². The van der Waals surface area contributed by atoms with Crippen LogP contribution in [0, 0.1) is 0 Å². The second kappa shape index (κ2) is 8.51. The number of methoxy groups -OCH3 is 1. The summed E-state index contributed by atoms with van der Waals surface area (Å²) in [7, 11) is 1.64. The summed E-state index contributed by atoms with van der Waals surface area (Å²) >= 11 is 0. The first kappa shape index (κ1) is 19.8. The highest BCUT2D eigenvalue weighted by Gasteiger charge is 2.43. The van der Waals surface area contributed by atoms with Crippen LogP contribution in [0.3, 0.4) is 0 Å². The van der Waals surface area contributed by atoms with Crippen LogP contribution in [-0.2, 0) is 11.3 Å². The Kier molecular flexibility index (Phi) is 5.82. The van der Waals surface area contributed by atoms with Crippen LogP contribution < -0.4 is 4.74 Å². The molecule has 1 aromatic carbocycles. The van der Waals surface area contributed by atoms with Gasteiger partial charge >= 0.3 is 0 Å². The molecule has 29 heavy (non-hydrogen) atoms. The first-order valence-electron chi connectivity index (χ1n) is 10.3. The molecule has 2 aliphatic heterocycles. The fourth-order valence-corrected chi connectivity index (χ4v) is 4.50. The average molecular weight is 399 g/mol. The van der Waals surface area contributed by atoms with Crippen LogP contribution in [0.1, 0.15) is 37.3 Å². The number of benzene rings is 1. The van der Waals surface area contributed by atoms with E-state index in [0.717, 1.165) is 43.7 Å². The topological polar surface area (TPSA) is 83.7 Å². The molecule has 2 aliphatic rings. The molecular weight excluding hydrogens is 370 g/mol. The molecule has 0 spiro atoms. The molecule has 156 valence electrons. The van der Waals surface area contributed by atoms with Crippen molar-refractivity contribution in [3.05, 3.63) is 42.5 Å². The predicted molar refractivity (Wildman–Crippen MR) is 107 cm³/mol. The fraction of sp³-hybridized carbons (Fsp3) is 0.571. The van der Waals surface area contributed by atoms with Gasteiger partial charge in [0.15, 0.2) is 5.60 Å². The van der Waals surface area contributed by atoms with E-state index in [4.69, 9.17) is 4.74 Å². The van der Waals surface area contributed by atoms with Crippen molar-refractivity contribution < 1.29 is 14.6 Å². The molecule has 1 aromatic heterocycles. The lowest BCUT2D eigenvalue weighted by Gasteiger charge is -2.42. The number of rotatable bonds is 6. The van der Waals surface area contributed by atoms with Gasteiger partial charge in [0.1, 0.15) is 18.4 Å². The van der Waals surface area contributed by atoms with Crippen LogP contribution in [-0.4, -0.2) is 74.5 Å². The van der Waals surface area contributed by atoms with Crippen molar-refractivity contribution in [2.75, 3.05) is 33.3 Å². The van der Waals surface area contributed by atoms with E-state index in [0.29, 0.717) is 32.1 Å². The number of β-amino-alcohol motifs (C(OH)–C–C–N with tert-alkyl or cyclic N) is 1. The van der Waals surface area contributed by atoms with E-state index in [9.17, 15) is 9.90 Å². The van der Waals surface area contributed by atoms with Crippen molar-refractivity contribution in [1.82, 2.24) is 24.6 Å². The minimum atomic E-state index is -1.31. The minimum Gasteiger partial charge on any atom is -0.497 e. The zero-order valence-electron chi connectivity index (χ0n) is 16.9. The Bertz CT molecular complexity index is 819. The smallest absolute Gasteiger partial charge is 0.256 e. The van der Waals surface area contributed by atoms with Crippen LogP contribution in [0.5, 0.6) is 5.75 Å². The quantitative estimate of drug-likeness (QED) is 0.792. The zero-order valence-corrected chi connectivity index (χ0v) is 16.9. The highest BCUT2D eigenvalue weighted by molar-refractivity contribution is 5.86. The van der Waals surface area contributed by atoms with Crippen LogP contribution in [0.4, 0.5) is 0 Å². The lowest BCUT2D eigenvalue weighted by Crippen LogP contribution is -2.59. The summed E-state index contributed by atoms with van der Waals surface area (Å²) in [4.78, 5) is 17.1.